The molecule has 2 heteroatoms. The highest BCUT2D eigenvalue weighted by Gasteiger charge is 2.50. The highest BCUT2D eigenvalue weighted by Crippen LogP contribution is 2.55. The molecule has 68 valence electrons. The SMILES string of the molecule is O=C(O)C1CCC12CCCCC2. The monoisotopic (exact) mass is 168 g/mol. The van der Waals surface area contributed by atoms with Crippen molar-refractivity contribution in [2.45, 2.75) is 44.9 Å². The quantitative estimate of drug-likeness (QED) is 0.653. The van der Waals surface area contributed by atoms with Crippen LogP contribution in [0.1, 0.15) is 44.9 Å². The third-order valence-corrected chi connectivity index (χ3v) is 3.82. The largest absolute Gasteiger partial charge is 0.481 e. The molecule has 0 heterocycles. The van der Waals surface area contributed by atoms with Crippen LogP contribution < -0.4 is 0 Å². The lowest BCUT2D eigenvalue weighted by Gasteiger charge is -2.50. The molecule has 0 aromatic rings. The molecule has 1 unspecified atom stereocenters. The Morgan fingerprint density at radius 2 is 1.83 bits per heavy atom. The molecule has 0 bridgehead atoms. The summed E-state index contributed by atoms with van der Waals surface area (Å²) in [6.07, 6.45) is 8.26. The van der Waals surface area contributed by atoms with Gasteiger partial charge in [-0.3, -0.25) is 4.79 Å². The zero-order valence-electron chi connectivity index (χ0n) is 7.38. The number of hydrogen-bond acceptors (Lipinski definition) is 1. The Morgan fingerprint density at radius 3 is 2.25 bits per heavy atom. The number of carbonyl (C=O) groups is 1. The van der Waals surface area contributed by atoms with Gasteiger partial charge < -0.3 is 5.11 Å². The van der Waals surface area contributed by atoms with E-state index in [1.54, 1.807) is 0 Å². The average Bonchev–Trinajstić information content (AvgIpc) is 2.03. The Morgan fingerprint density at radius 1 is 1.17 bits per heavy atom. The molecular formula is C10H16O2. The van der Waals surface area contributed by atoms with Gasteiger partial charge in [0.2, 0.25) is 0 Å². The van der Waals surface area contributed by atoms with E-state index in [0.29, 0.717) is 0 Å². The maximum absolute atomic E-state index is 10.9. The summed E-state index contributed by atoms with van der Waals surface area (Å²) < 4.78 is 0. The van der Waals surface area contributed by atoms with Gasteiger partial charge in [0, 0.05) is 0 Å². The fraction of sp³-hybridized carbons (Fsp3) is 0.900. The lowest BCUT2D eigenvalue weighted by atomic mass is 9.54. The van der Waals surface area contributed by atoms with Gasteiger partial charge >= 0.3 is 5.97 Å². The molecule has 0 saturated heterocycles. The van der Waals surface area contributed by atoms with Gasteiger partial charge in [-0.25, -0.2) is 0 Å². The third-order valence-electron chi connectivity index (χ3n) is 3.82. The molecule has 0 aromatic carbocycles. The molecule has 2 nitrogen and oxygen atoms in total. The Balaban J connectivity index is 2.05. The van der Waals surface area contributed by atoms with Crippen molar-refractivity contribution >= 4 is 5.97 Å². The van der Waals surface area contributed by atoms with E-state index >= 15 is 0 Å². The second-order valence-electron chi connectivity index (χ2n) is 4.35. The fourth-order valence-corrected chi connectivity index (χ4v) is 2.94. The van der Waals surface area contributed by atoms with Crippen LogP contribution in [0.2, 0.25) is 0 Å². The summed E-state index contributed by atoms with van der Waals surface area (Å²) >= 11 is 0. The van der Waals surface area contributed by atoms with E-state index in [-0.39, 0.29) is 11.3 Å². The van der Waals surface area contributed by atoms with E-state index in [1.165, 1.54) is 38.5 Å². The van der Waals surface area contributed by atoms with E-state index in [4.69, 9.17) is 5.11 Å². The molecule has 0 aromatic heterocycles. The summed E-state index contributed by atoms with van der Waals surface area (Å²) in [5.41, 5.74) is 0.240. The average molecular weight is 168 g/mol. The molecule has 1 atom stereocenters. The molecule has 1 N–H and O–H groups in total. The first-order chi connectivity index (χ1) is 5.75. The lowest BCUT2D eigenvalue weighted by Crippen LogP contribution is -2.45. The second kappa shape index (κ2) is 2.75. The van der Waals surface area contributed by atoms with Crippen molar-refractivity contribution in [2.75, 3.05) is 0 Å². The van der Waals surface area contributed by atoms with Crippen LogP contribution in [0.4, 0.5) is 0 Å². The van der Waals surface area contributed by atoms with Crippen LogP contribution in [0.3, 0.4) is 0 Å². The van der Waals surface area contributed by atoms with E-state index < -0.39 is 5.97 Å². The van der Waals surface area contributed by atoms with Crippen LogP contribution in [-0.2, 0) is 4.79 Å². The van der Waals surface area contributed by atoms with Crippen molar-refractivity contribution in [3.63, 3.8) is 0 Å². The number of carboxylic acids is 1. The molecular weight excluding hydrogens is 152 g/mol. The molecule has 0 amide bonds. The smallest absolute Gasteiger partial charge is 0.307 e. The van der Waals surface area contributed by atoms with Crippen LogP contribution in [-0.4, -0.2) is 11.1 Å². The van der Waals surface area contributed by atoms with Crippen molar-refractivity contribution < 1.29 is 9.90 Å². The highest BCUT2D eigenvalue weighted by atomic mass is 16.4. The number of aliphatic carboxylic acids is 1. The molecule has 2 saturated carbocycles. The Kier molecular flexibility index (Phi) is 1.85. The second-order valence-corrected chi connectivity index (χ2v) is 4.35. The zero-order valence-corrected chi connectivity index (χ0v) is 7.38. The number of hydrogen-bond donors (Lipinski definition) is 1. The Hall–Kier alpha value is -0.530. The van der Waals surface area contributed by atoms with Crippen molar-refractivity contribution in [2.24, 2.45) is 11.3 Å². The first kappa shape index (κ1) is 8.09. The molecule has 2 rings (SSSR count). The maximum Gasteiger partial charge on any atom is 0.307 e. The molecule has 2 aliphatic rings. The molecule has 0 aliphatic heterocycles. The minimum Gasteiger partial charge on any atom is -0.481 e. The predicted molar refractivity (Wildman–Crippen MR) is 45.9 cm³/mol. The van der Waals surface area contributed by atoms with Crippen LogP contribution in [0.15, 0.2) is 0 Å². The van der Waals surface area contributed by atoms with Crippen LogP contribution in [0.5, 0.6) is 0 Å². The van der Waals surface area contributed by atoms with Crippen LogP contribution in [0.25, 0.3) is 0 Å². The van der Waals surface area contributed by atoms with E-state index in [2.05, 4.69) is 0 Å². The topological polar surface area (TPSA) is 37.3 Å². The number of rotatable bonds is 1. The van der Waals surface area contributed by atoms with Gasteiger partial charge in [-0.15, -0.1) is 0 Å². The summed E-state index contributed by atoms with van der Waals surface area (Å²) in [6, 6.07) is 0. The first-order valence-corrected chi connectivity index (χ1v) is 4.97. The third kappa shape index (κ3) is 1.05. The highest BCUT2D eigenvalue weighted by molar-refractivity contribution is 5.72. The predicted octanol–water partition coefficient (Wildman–Crippen LogP) is 2.43. The maximum atomic E-state index is 10.9. The van der Waals surface area contributed by atoms with Crippen molar-refractivity contribution in [1.82, 2.24) is 0 Å². The van der Waals surface area contributed by atoms with Gasteiger partial charge in [0.15, 0.2) is 0 Å². The summed E-state index contributed by atoms with van der Waals surface area (Å²) in [6.45, 7) is 0. The first-order valence-electron chi connectivity index (χ1n) is 4.97. The summed E-state index contributed by atoms with van der Waals surface area (Å²) in [5, 5.41) is 8.95. The number of carboxylic acid groups (broad SMARTS) is 1. The minimum absolute atomic E-state index is 0.00204. The zero-order chi connectivity index (χ0) is 8.60. The van der Waals surface area contributed by atoms with Crippen molar-refractivity contribution in [3.8, 4) is 0 Å². The van der Waals surface area contributed by atoms with Crippen molar-refractivity contribution in [3.05, 3.63) is 0 Å². The van der Waals surface area contributed by atoms with E-state index in [0.717, 1.165) is 6.42 Å². The minimum atomic E-state index is -0.553. The fourth-order valence-electron chi connectivity index (χ4n) is 2.94. The summed E-state index contributed by atoms with van der Waals surface area (Å²) in [5.74, 6) is -0.555. The molecule has 1 spiro atoms. The van der Waals surface area contributed by atoms with Gasteiger partial charge in [-0.2, -0.15) is 0 Å². The Bertz CT molecular complexity index is 192. The van der Waals surface area contributed by atoms with Gasteiger partial charge in [-0.1, -0.05) is 19.3 Å². The lowest BCUT2D eigenvalue weighted by molar-refractivity contribution is -0.156. The summed E-state index contributed by atoms with van der Waals surface area (Å²) in [7, 11) is 0. The standard InChI is InChI=1S/C10H16O2/c11-9(12)8-4-7-10(8)5-2-1-3-6-10/h8H,1-7H2,(H,11,12). The molecule has 2 aliphatic carbocycles. The van der Waals surface area contributed by atoms with Crippen LogP contribution in [0, 0.1) is 11.3 Å². The normalized spacial score (nSPS) is 32.8. The molecule has 12 heavy (non-hydrogen) atoms. The van der Waals surface area contributed by atoms with Gasteiger partial charge in [0.25, 0.3) is 0 Å². The van der Waals surface area contributed by atoms with Gasteiger partial charge in [-0.05, 0) is 31.1 Å². The Labute approximate surface area is 73.0 Å². The summed E-state index contributed by atoms with van der Waals surface area (Å²) in [4.78, 5) is 10.9. The van der Waals surface area contributed by atoms with Crippen molar-refractivity contribution in [1.29, 1.82) is 0 Å². The molecule has 0 radical (unpaired) electrons. The van der Waals surface area contributed by atoms with Gasteiger partial charge in [0.05, 0.1) is 5.92 Å². The van der Waals surface area contributed by atoms with E-state index in [1.807, 2.05) is 0 Å². The van der Waals surface area contributed by atoms with E-state index in [9.17, 15) is 4.79 Å². The van der Waals surface area contributed by atoms with Crippen LogP contribution >= 0.6 is 0 Å². The molecule has 2 fully saturated rings. The van der Waals surface area contributed by atoms with Gasteiger partial charge in [0.1, 0.15) is 0 Å².